The first kappa shape index (κ1) is 12.0. The lowest BCUT2D eigenvalue weighted by atomic mass is 9.95. The predicted octanol–water partition coefficient (Wildman–Crippen LogP) is 2.29. The van der Waals surface area contributed by atoms with Crippen molar-refractivity contribution < 1.29 is 0 Å². The van der Waals surface area contributed by atoms with Crippen LogP contribution in [0.4, 0.5) is 0 Å². The van der Waals surface area contributed by atoms with Crippen molar-refractivity contribution in [1.29, 1.82) is 0 Å². The van der Waals surface area contributed by atoms with E-state index in [1.165, 1.54) is 25.1 Å². The van der Waals surface area contributed by atoms with Gasteiger partial charge in [0.05, 0.1) is 0 Å². The van der Waals surface area contributed by atoms with E-state index in [4.69, 9.17) is 0 Å². The normalized spacial score (nSPS) is 28.3. The minimum atomic E-state index is 0.457. The molecule has 2 fully saturated rings. The smallest absolute Gasteiger partial charge is 0.129 e. The van der Waals surface area contributed by atoms with Crippen molar-refractivity contribution in [2.75, 3.05) is 19.6 Å². The highest BCUT2D eigenvalue weighted by Gasteiger charge is 2.60. The molecule has 0 bridgehead atoms. The number of hydrogen-bond donors (Lipinski definition) is 0. The maximum absolute atomic E-state index is 4.31. The van der Waals surface area contributed by atoms with E-state index in [-0.39, 0.29) is 0 Å². The van der Waals surface area contributed by atoms with Gasteiger partial charge in [-0.1, -0.05) is 30.3 Å². The van der Waals surface area contributed by atoms with Crippen LogP contribution in [0.25, 0.3) is 0 Å². The van der Waals surface area contributed by atoms with Gasteiger partial charge in [-0.15, -0.1) is 0 Å². The molecule has 1 aliphatic heterocycles. The molecular weight excluding hydrogens is 246 g/mol. The van der Waals surface area contributed by atoms with Gasteiger partial charge >= 0.3 is 0 Å². The Morgan fingerprint density at radius 2 is 1.90 bits per heavy atom. The molecule has 20 heavy (non-hydrogen) atoms. The molecule has 3 nitrogen and oxygen atoms in total. The molecule has 0 spiro atoms. The lowest BCUT2D eigenvalue weighted by molar-refractivity contribution is 0.300. The zero-order chi connectivity index (χ0) is 13.4. The molecule has 102 valence electrons. The van der Waals surface area contributed by atoms with Crippen molar-refractivity contribution in [3.8, 4) is 0 Å². The molecule has 2 atom stereocenters. The maximum atomic E-state index is 4.31. The van der Waals surface area contributed by atoms with E-state index in [1.807, 2.05) is 18.5 Å². The zero-order valence-electron chi connectivity index (χ0n) is 11.6. The minimum Gasteiger partial charge on any atom is -0.302 e. The van der Waals surface area contributed by atoms with Gasteiger partial charge in [0.15, 0.2) is 0 Å². The molecular formula is C17H19N3. The second-order valence-electron chi connectivity index (χ2n) is 6.07. The van der Waals surface area contributed by atoms with Crippen LogP contribution in [0.15, 0.2) is 48.8 Å². The lowest BCUT2D eigenvalue weighted by Crippen LogP contribution is -2.29. The summed E-state index contributed by atoms with van der Waals surface area (Å²) in [5, 5.41) is 0. The summed E-state index contributed by atoms with van der Waals surface area (Å²) in [5.74, 6) is 1.82. The Kier molecular flexibility index (Phi) is 2.81. The molecule has 4 rings (SSSR count). The first-order valence-corrected chi connectivity index (χ1v) is 7.41. The minimum absolute atomic E-state index is 0.457. The summed E-state index contributed by atoms with van der Waals surface area (Å²) in [6.45, 7) is 3.52. The van der Waals surface area contributed by atoms with Gasteiger partial charge in [-0.25, -0.2) is 9.97 Å². The van der Waals surface area contributed by atoms with Gasteiger partial charge < -0.3 is 4.90 Å². The van der Waals surface area contributed by atoms with Gasteiger partial charge in [-0.2, -0.15) is 0 Å². The van der Waals surface area contributed by atoms with Crippen molar-refractivity contribution >= 4 is 0 Å². The first-order chi connectivity index (χ1) is 9.87. The van der Waals surface area contributed by atoms with E-state index in [2.05, 4.69) is 45.2 Å². The van der Waals surface area contributed by atoms with E-state index < -0.39 is 0 Å². The highest BCUT2D eigenvalue weighted by atomic mass is 15.2. The molecule has 3 heteroatoms. The Morgan fingerprint density at radius 3 is 2.70 bits per heavy atom. The van der Waals surface area contributed by atoms with Crippen molar-refractivity contribution in [3.63, 3.8) is 0 Å². The fourth-order valence-electron chi connectivity index (χ4n) is 3.69. The van der Waals surface area contributed by atoms with Crippen molar-refractivity contribution in [1.82, 2.24) is 14.9 Å². The lowest BCUT2D eigenvalue weighted by Gasteiger charge is -2.20. The maximum Gasteiger partial charge on any atom is 0.129 e. The summed E-state index contributed by atoms with van der Waals surface area (Å²) in [5.41, 5.74) is 1.99. The summed E-state index contributed by atoms with van der Waals surface area (Å²) in [6, 6.07) is 12.9. The number of benzene rings is 1. The van der Waals surface area contributed by atoms with E-state index in [9.17, 15) is 0 Å². The Morgan fingerprint density at radius 1 is 1.10 bits per heavy atom. The second kappa shape index (κ2) is 4.67. The summed E-state index contributed by atoms with van der Waals surface area (Å²) in [7, 11) is 0. The molecule has 1 aromatic carbocycles. The summed E-state index contributed by atoms with van der Waals surface area (Å²) in [6.07, 6.45) is 5.98. The Hall–Kier alpha value is -1.74. The third-order valence-corrected chi connectivity index (χ3v) is 4.84. The van der Waals surface area contributed by atoms with Gasteiger partial charge in [0.1, 0.15) is 5.82 Å². The van der Waals surface area contributed by atoms with Crippen LogP contribution in [-0.2, 0) is 11.8 Å². The third kappa shape index (κ3) is 2.02. The molecule has 2 aliphatic rings. The van der Waals surface area contributed by atoms with E-state index >= 15 is 0 Å². The molecule has 0 amide bonds. The standard InChI is InChI=1S/C17H19N3/c1-2-5-14(6-3-1)17-11-15(17)12-20(13-17)10-7-16-18-8-4-9-19-16/h1-6,8-9,15H,7,10-13H2/t15-,17?/m0/s1. The monoisotopic (exact) mass is 265 g/mol. The molecule has 2 heterocycles. The molecule has 1 unspecified atom stereocenters. The number of hydrogen-bond acceptors (Lipinski definition) is 3. The van der Waals surface area contributed by atoms with Crippen molar-refractivity contribution in [2.45, 2.75) is 18.3 Å². The fraction of sp³-hybridized carbons (Fsp3) is 0.412. The number of piperidine rings is 1. The molecule has 2 aromatic rings. The summed E-state index contributed by atoms with van der Waals surface area (Å²) < 4.78 is 0. The second-order valence-corrected chi connectivity index (χ2v) is 6.07. The van der Waals surface area contributed by atoms with E-state index in [1.54, 1.807) is 0 Å². The average Bonchev–Trinajstić information content (AvgIpc) is 3.10. The van der Waals surface area contributed by atoms with Crippen LogP contribution in [0.1, 0.15) is 17.8 Å². The van der Waals surface area contributed by atoms with Crippen LogP contribution in [0.3, 0.4) is 0 Å². The molecule has 0 radical (unpaired) electrons. The molecule has 1 aromatic heterocycles. The molecule has 1 saturated carbocycles. The van der Waals surface area contributed by atoms with Crippen LogP contribution in [-0.4, -0.2) is 34.5 Å². The zero-order valence-corrected chi connectivity index (χ0v) is 11.6. The number of fused-ring (bicyclic) bond motifs is 1. The van der Waals surface area contributed by atoms with Gasteiger partial charge in [0.2, 0.25) is 0 Å². The Balaban J connectivity index is 1.40. The average molecular weight is 265 g/mol. The van der Waals surface area contributed by atoms with Crippen LogP contribution >= 0.6 is 0 Å². The quantitative estimate of drug-likeness (QED) is 0.849. The summed E-state index contributed by atoms with van der Waals surface area (Å²) >= 11 is 0. The Bertz CT molecular complexity index is 584. The van der Waals surface area contributed by atoms with Crippen LogP contribution in [0, 0.1) is 5.92 Å². The van der Waals surface area contributed by atoms with Gasteiger partial charge in [0.25, 0.3) is 0 Å². The van der Waals surface area contributed by atoms with Gasteiger partial charge in [0, 0.05) is 43.9 Å². The SMILES string of the molecule is c1ccc(C23C[C@H]2CN(CCc2ncccn2)C3)cc1. The molecule has 0 N–H and O–H groups in total. The van der Waals surface area contributed by atoms with Crippen LogP contribution < -0.4 is 0 Å². The predicted molar refractivity (Wildman–Crippen MR) is 78.4 cm³/mol. The largest absolute Gasteiger partial charge is 0.302 e. The number of likely N-dealkylation sites (tertiary alicyclic amines) is 1. The Labute approximate surface area is 119 Å². The number of nitrogens with zero attached hydrogens (tertiary/aromatic N) is 3. The van der Waals surface area contributed by atoms with Gasteiger partial charge in [-0.3, -0.25) is 0 Å². The van der Waals surface area contributed by atoms with E-state index in [0.29, 0.717) is 5.41 Å². The summed E-state index contributed by atoms with van der Waals surface area (Å²) in [4.78, 5) is 11.2. The van der Waals surface area contributed by atoms with Gasteiger partial charge in [-0.05, 0) is 24.0 Å². The van der Waals surface area contributed by atoms with Crippen molar-refractivity contribution in [3.05, 3.63) is 60.2 Å². The third-order valence-electron chi connectivity index (χ3n) is 4.84. The highest BCUT2D eigenvalue weighted by molar-refractivity contribution is 5.36. The fourth-order valence-corrected chi connectivity index (χ4v) is 3.69. The molecule has 1 aliphatic carbocycles. The molecule has 1 saturated heterocycles. The topological polar surface area (TPSA) is 29.0 Å². The number of rotatable bonds is 4. The van der Waals surface area contributed by atoms with Crippen molar-refractivity contribution in [2.24, 2.45) is 5.92 Å². The van der Waals surface area contributed by atoms with Crippen LogP contribution in [0.2, 0.25) is 0 Å². The first-order valence-electron chi connectivity index (χ1n) is 7.41. The highest BCUT2D eigenvalue weighted by Crippen LogP contribution is 2.58. The van der Waals surface area contributed by atoms with Crippen LogP contribution in [0.5, 0.6) is 0 Å². The van der Waals surface area contributed by atoms with E-state index in [0.717, 1.165) is 24.7 Å². The number of aromatic nitrogens is 2.